The second kappa shape index (κ2) is 14.7. The third kappa shape index (κ3) is 7.16. The van der Waals surface area contributed by atoms with Crippen molar-refractivity contribution in [3.05, 3.63) is 70.8 Å². The summed E-state index contributed by atoms with van der Waals surface area (Å²) in [5, 5.41) is 2.20. The van der Waals surface area contributed by atoms with Crippen LogP contribution in [0, 0.1) is 0 Å². The molecule has 0 bridgehead atoms. The normalized spacial score (nSPS) is 14.2. The standard InChI is InChI=1S/C40H52Br2N2S/c1-7-39(5,6)33-21-20-30(36-37(33)44-45-43-36)28-16-18-31-32-19-17-29(38(2,3)4)27-35(32)40(34(31)26-28,22-12-8-10-14-24-41)23-13-9-11-15-25-42/h16-21,26-27H,7-15,22-25H2,1-6H3. The highest BCUT2D eigenvalue weighted by Gasteiger charge is 2.43. The van der Waals surface area contributed by atoms with E-state index >= 15 is 0 Å². The van der Waals surface area contributed by atoms with Crippen LogP contribution in [0.3, 0.4) is 0 Å². The molecule has 4 aromatic rings. The molecule has 0 amide bonds. The molecule has 5 heteroatoms. The number of fused-ring (bicyclic) bond motifs is 4. The largest absolute Gasteiger partial charge is 0.173 e. The zero-order valence-corrected chi connectivity index (χ0v) is 32.4. The predicted octanol–water partition coefficient (Wildman–Crippen LogP) is 13.3. The van der Waals surface area contributed by atoms with E-state index in [9.17, 15) is 0 Å². The number of unbranched alkanes of at least 4 members (excludes halogenated alkanes) is 6. The summed E-state index contributed by atoms with van der Waals surface area (Å²) in [5.74, 6) is 0. The van der Waals surface area contributed by atoms with Gasteiger partial charge in [0.2, 0.25) is 0 Å². The molecule has 5 rings (SSSR count). The van der Waals surface area contributed by atoms with E-state index in [1.54, 1.807) is 5.56 Å². The molecule has 0 saturated heterocycles. The third-order valence-electron chi connectivity index (χ3n) is 10.5. The first-order chi connectivity index (χ1) is 21.6. The van der Waals surface area contributed by atoms with E-state index in [0.717, 1.165) is 28.1 Å². The zero-order valence-electron chi connectivity index (χ0n) is 28.4. The van der Waals surface area contributed by atoms with Gasteiger partial charge in [0.15, 0.2) is 0 Å². The van der Waals surface area contributed by atoms with Crippen molar-refractivity contribution in [2.45, 2.75) is 128 Å². The van der Waals surface area contributed by atoms with Crippen molar-refractivity contribution in [3.63, 3.8) is 0 Å². The second-order valence-electron chi connectivity index (χ2n) is 14.9. The molecular weight excluding hydrogens is 700 g/mol. The molecule has 0 spiro atoms. The van der Waals surface area contributed by atoms with Crippen LogP contribution in [0.1, 0.15) is 134 Å². The minimum absolute atomic E-state index is 0.0360. The van der Waals surface area contributed by atoms with Crippen molar-refractivity contribution in [2.24, 2.45) is 0 Å². The fourth-order valence-corrected chi connectivity index (χ4v) is 8.75. The number of benzene rings is 3. The molecule has 0 saturated carbocycles. The van der Waals surface area contributed by atoms with Crippen molar-refractivity contribution in [3.8, 4) is 22.3 Å². The van der Waals surface area contributed by atoms with Gasteiger partial charge in [0.1, 0.15) is 11.0 Å². The van der Waals surface area contributed by atoms with Crippen LogP contribution in [-0.2, 0) is 16.2 Å². The Morgan fingerprint density at radius 3 is 1.80 bits per heavy atom. The van der Waals surface area contributed by atoms with Crippen LogP contribution < -0.4 is 0 Å². The van der Waals surface area contributed by atoms with Crippen molar-refractivity contribution in [1.82, 2.24) is 8.75 Å². The molecule has 0 atom stereocenters. The van der Waals surface area contributed by atoms with Crippen LogP contribution in [0.4, 0.5) is 0 Å². The number of halogens is 2. The van der Waals surface area contributed by atoms with Gasteiger partial charge in [0, 0.05) is 21.6 Å². The van der Waals surface area contributed by atoms with Gasteiger partial charge in [-0.25, -0.2) is 0 Å². The van der Waals surface area contributed by atoms with Crippen LogP contribution in [0.5, 0.6) is 0 Å². The summed E-state index contributed by atoms with van der Waals surface area (Å²) in [4.78, 5) is 0. The van der Waals surface area contributed by atoms with E-state index in [-0.39, 0.29) is 16.2 Å². The average Bonchev–Trinajstić information content (AvgIpc) is 3.61. The van der Waals surface area contributed by atoms with Gasteiger partial charge >= 0.3 is 0 Å². The highest BCUT2D eigenvalue weighted by molar-refractivity contribution is 9.09. The van der Waals surface area contributed by atoms with E-state index in [4.69, 9.17) is 8.75 Å². The van der Waals surface area contributed by atoms with Gasteiger partial charge in [0.05, 0.1) is 11.7 Å². The smallest absolute Gasteiger partial charge is 0.112 e. The summed E-state index contributed by atoms with van der Waals surface area (Å²) in [6.45, 7) is 14.0. The monoisotopic (exact) mass is 750 g/mol. The Bertz CT molecular complexity index is 1580. The van der Waals surface area contributed by atoms with Crippen LogP contribution in [0.15, 0.2) is 48.5 Å². The Balaban J connectivity index is 1.65. The lowest BCUT2D eigenvalue weighted by Crippen LogP contribution is -2.26. The van der Waals surface area contributed by atoms with Crippen LogP contribution in [-0.4, -0.2) is 19.4 Å². The topological polar surface area (TPSA) is 25.8 Å². The van der Waals surface area contributed by atoms with Gasteiger partial charge < -0.3 is 0 Å². The summed E-state index contributed by atoms with van der Waals surface area (Å²) < 4.78 is 9.73. The minimum atomic E-state index is 0.0360. The molecule has 0 fully saturated rings. The second-order valence-corrected chi connectivity index (χ2v) is 17.0. The van der Waals surface area contributed by atoms with E-state index in [1.807, 2.05) is 0 Å². The Kier molecular flexibility index (Phi) is 11.3. The zero-order chi connectivity index (χ0) is 32.2. The van der Waals surface area contributed by atoms with Crippen LogP contribution >= 0.6 is 43.6 Å². The maximum absolute atomic E-state index is 4.89. The first-order valence-electron chi connectivity index (χ1n) is 17.3. The molecule has 0 N–H and O–H groups in total. The number of nitrogens with zero attached hydrogens (tertiary/aromatic N) is 2. The van der Waals surface area contributed by atoms with Crippen molar-refractivity contribution < 1.29 is 0 Å². The molecule has 1 aliphatic rings. The molecule has 45 heavy (non-hydrogen) atoms. The van der Waals surface area contributed by atoms with E-state index in [2.05, 4.69) is 122 Å². The summed E-state index contributed by atoms with van der Waals surface area (Å²) in [5.41, 5.74) is 13.6. The Labute approximate surface area is 293 Å². The summed E-state index contributed by atoms with van der Waals surface area (Å²) in [7, 11) is 0. The number of hydrogen-bond donors (Lipinski definition) is 0. The van der Waals surface area contributed by atoms with Gasteiger partial charge in [-0.05, 0) is 87.9 Å². The van der Waals surface area contributed by atoms with Gasteiger partial charge in [-0.3, -0.25) is 0 Å². The maximum Gasteiger partial charge on any atom is 0.112 e. The lowest BCUT2D eigenvalue weighted by Gasteiger charge is -2.34. The van der Waals surface area contributed by atoms with Crippen molar-refractivity contribution in [2.75, 3.05) is 10.7 Å². The van der Waals surface area contributed by atoms with Crippen molar-refractivity contribution >= 4 is 54.6 Å². The molecule has 0 aliphatic heterocycles. The fraction of sp³-hybridized carbons (Fsp3) is 0.550. The molecule has 0 radical (unpaired) electrons. The van der Waals surface area contributed by atoms with Crippen LogP contribution in [0.2, 0.25) is 0 Å². The minimum Gasteiger partial charge on any atom is -0.173 e. The molecule has 0 unspecified atom stereocenters. The van der Waals surface area contributed by atoms with Crippen LogP contribution in [0.25, 0.3) is 33.3 Å². The molecule has 1 heterocycles. The first kappa shape index (κ1) is 34.8. The average molecular weight is 753 g/mol. The summed E-state index contributed by atoms with van der Waals surface area (Å²) >= 11 is 8.66. The molecule has 242 valence electrons. The lowest BCUT2D eigenvalue weighted by atomic mass is 9.69. The van der Waals surface area contributed by atoms with Gasteiger partial charge in [-0.15, -0.1) is 0 Å². The summed E-state index contributed by atoms with van der Waals surface area (Å²) in [6, 6.07) is 19.4. The molecule has 1 aromatic heterocycles. The predicted molar refractivity (Wildman–Crippen MR) is 205 cm³/mol. The molecule has 2 nitrogen and oxygen atoms in total. The highest BCUT2D eigenvalue weighted by atomic mass is 79.9. The van der Waals surface area contributed by atoms with E-state index < -0.39 is 0 Å². The highest BCUT2D eigenvalue weighted by Crippen LogP contribution is 2.56. The Hall–Kier alpha value is -1.56. The van der Waals surface area contributed by atoms with E-state index in [0.29, 0.717) is 0 Å². The number of alkyl halides is 2. The number of hydrogen-bond acceptors (Lipinski definition) is 3. The fourth-order valence-electron chi connectivity index (χ4n) is 7.38. The van der Waals surface area contributed by atoms with E-state index in [1.165, 1.54) is 115 Å². The Morgan fingerprint density at radius 2 is 1.20 bits per heavy atom. The van der Waals surface area contributed by atoms with Gasteiger partial charge in [0.25, 0.3) is 0 Å². The SMILES string of the molecule is CCC(C)(C)c1ccc(-c2ccc3c(c2)C(CCCCCCBr)(CCCCCCBr)c2cc(C(C)(C)C)ccc2-3)c2nsnc12. The number of aromatic nitrogens is 2. The maximum atomic E-state index is 4.89. The molecule has 1 aliphatic carbocycles. The lowest BCUT2D eigenvalue weighted by molar-refractivity contribution is 0.400. The quantitative estimate of drug-likeness (QED) is 0.0893. The summed E-state index contributed by atoms with van der Waals surface area (Å²) in [6.07, 6.45) is 13.7. The molecule has 3 aromatic carbocycles. The van der Waals surface area contributed by atoms with Gasteiger partial charge in [-0.2, -0.15) is 8.75 Å². The third-order valence-corrected chi connectivity index (χ3v) is 12.2. The first-order valence-corrected chi connectivity index (χ1v) is 20.2. The molecular formula is C40H52Br2N2S. The van der Waals surface area contributed by atoms with Crippen molar-refractivity contribution in [1.29, 1.82) is 0 Å². The van der Waals surface area contributed by atoms with Gasteiger partial charge in [-0.1, -0.05) is 154 Å². The Morgan fingerprint density at radius 1 is 0.644 bits per heavy atom. The number of rotatable bonds is 15.